The number of nitrogens with zero attached hydrogens (tertiary/aromatic N) is 2. The first-order valence-electron chi connectivity index (χ1n) is 5.63. The predicted molar refractivity (Wildman–Crippen MR) is 69.3 cm³/mol. The lowest BCUT2D eigenvalue weighted by Gasteiger charge is -2.11. The molecule has 0 fully saturated rings. The number of halogens is 4. The summed E-state index contributed by atoms with van der Waals surface area (Å²) in [5, 5.41) is 0.169. The van der Waals surface area contributed by atoms with Crippen LogP contribution in [0, 0.1) is 0 Å². The van der Waals surface area contributed by atoms with Gasteiger partial charge in [-0.2, -0.15) is 13.2 Å². The summed E-state index contributed by atoms with van der Waals surface area (Å²) in [6, 6.07) is 6.76. The lowest BCUT2D eigenvalue weighted by molar-refractivity contribution is -0.137. The summed E-state index contributed by atoms with van der Waals surface area (Å²) in [5.41, 5.74) is 0.531. The molecule has 20 heavy (non-hydrogen) atoms. The van der Waals surface area contributed by atoms with E-state index >= 15 is 0 Å². The molecule has 2 aromatic heterocycles. The van der Waals surface area contributed by atoms with Crippen molar-refractivity contribution in [2.24, 2.45) is 0 Å². The first kappa shape index (κ1) is 12.9. The molecule has 3 rings (SSSR count). The number of hydrogen-bond acceptors (Lipinski definition) is 2. The Morgan fingerprint density at radius 2 is 1.90 bits per heavy atom. The molecule has 0 aliphatic heterocycles. The van der Waals surface area contributed by atoms with Crippen molar-refractivity contribution in [1.29, 1.82) is 0 Å². The summed E-state index contributed by atoms with van der Waals surface area (Å²) >= 11 is 5.71. The molecule has 0 spiro atoms. The number of fused-ring (bicyclic) bond motifs is 1. The highest BCUT2D eigenvalue weighted by Gasteiger charge is 2.33. The molecule has 102 valence electrons. The quantitative estimate of drug-likeness (QED) is 0.727. The highest BCUT2D eigenvalue weighted by molar-refractivity contribution is 6.29. The van der Waals surface area contributed by atoms with Crippen molar-refractivity contribution in [3.8, 4) is 11.3 Å². The normalized spacial score (nSPS) is 12.0. The van der Waals surface area contributed by atoms with E-state index in [0.717, 1.165) is 6.07 Å². The molecule has 1 aromatic carbocycles. The minimum absolute atomic E-state index is 0.0148. The van der Waals surface area contributed by atoms with Crippen LogP contribution < -0.4 is 0 Å². The number of aromatic amines is 1. The Bertz CT molecular complexity index is 780. The third-order valence-electron chi connectivity index (χ3n) is 2.85. The molecule has 2 heterocycles. The molecule has 0 aliphatic rings. The monoisotopic (exact) mass is 297 g/mol. The fourth-order valence-corrected chi connectivity index (χ4v) is 2.17. The van der Waals surface area contributed by atoms with Gasteiger partial charge < -0.3 is 4.98 Å². The van der Waals surface area contributed by atoms with Crippen LogP contribution >= 0.6 is 11.6 Å². The fraction of sp³-hybridized carbons (Fsp3) is 0.0769. The van der Waals surface area contributed by atoms with Crippen molar-refractivity contribution in [3.63, 3.8) is 0 Å². The Kier molecular flexibility index (Phi) is 2.90. The van der Waals surface area contributed by atoms with E-state index in [1.807, 2.05) is 0 Å². The van der Waals surface area contributed by atoms with Crippen LogP contribution in [0.15, 0.2) is 36.5 Å². The summed E-state index contributed by atoms with van der Waals surface area (Å²) in [5.74, 6) is 0. The molecule has 0 saturated heterocycles. The maximum atomic E-state index is 13.0. The van der Waals surface area contributed by atoms with Gasteiger partial charge in [0, 0.05) is 5.56 Å². The number of pyridine rings is 1. The molecular formula is C13H7ClF3N3. The van der Waals surface area contributed by atoms with E-state index in [4.69, 9.17) is 11.6 Å². The van der Waals surface area contributed by atoms with Gasteiger partial charge in [-0.3, -0.25) is 4.98 Å². The van der Waals surface area contributed by atoms with Crippen LogP contribution in [0.4, 0.5) is 13.2 Å². The first-order valence-corrected chi connectivity index (χ1v) is 6.01. The van der Waals surface area contributed by atoms with E-state index in [-0.39, 0.29) is 16.5 Å². The molecule has 3 nitrogen and oxygen atoms in total. The number of rotatable bonds is 1. The van der Waals surface area contributed by atoms with Gasteiger partial charge in [0.2, 0.25) is 5.28 Å². The Morgan fingerprint density at radius 3 is 2.65 bits per heavy atom. The summed E-state index contributed by atoms with van der Waals surface area (Å²) in [6.07, 6.45) is -3.02. The molecule has 1 N–H and O–H groups in total. The van der Waals surface area contributed by atoms with Gasteiger partial charge >= 0.3 is 6.18 Å². The fourth-order valence-electron chi connectivity index (χ4n) is 1.98. The Labute approximate surface area is 116 Å². The molecule has 7 heteroatoms. The third-order valence-corrected chi connectivity index (χ3v) is 3.03. The Balaban J connectivity index is 2.20. The van der Waals surface area contributed by atoms with Gasteiger partial charge in [-0.05, 0) is 23.7 Å². The summed E-state index contributed by atoms with van der Waals surface area (Å²) in [7, 11) is 0. The van der Waals surface area contributed by atoms with Crippen LogP contribution in [0.5, 0.6) is 0 Å². The van der Waals surface area contributed by atoms with Crippen LogP contribution in [0.2, 0.25) is 5.28 Å². The van der Waals surface area contributed by atoms with E-state index in [2.05, 4.69) is 15.0 Å². The molecule has 0 aliphatic carbocycles. The summed E-state index contributed by atoms with van der Waals surface area (Å²) < 4.78 is 38.9. The second kappa shape index (κ2) is 4.49. The predicted octanol–water partition coefficient (Wildman–Crippen LogP) is 4.30. The highest BCUT2D eigenvalue weighted by atomic mass is 35.5. The number of alkyl halides is 3. The number of imidazole rings is 1. The van der Waals surface area contributed by atoms with Crippen molar-refractivity contribution >= 4 is 22.6 Å². The van der Waals surface area contributed by atoms with Gasteiger partial charge in [-0.25, -0.2) is 4.98 Å². The maximum absolute atomic E-state index is 13.0. The molecule has 0 atom stereocenters. The van der Waals surface area contributed by atoms with Gasteiger partial charge in [0.05, 0.1) is 28.5 Å². The van der Waals surface area contributed by atoms with E-state index in [1.54, 1.807) is 0 Å². The van der Waals surface area contributed by atoms with E-state index in [0.29, 0.717) is 11.0 Å². The van der Waals surface area contributed by atoms with Gasteiger partial charge in [0.15, 0.2) is 0 Å². The van der Waals surface area contributed by atoms with E-state index in [1.165, 1.54) is 30.5 Å². The third kappa shape index (κ3) is 2.22. The topological polar surface area (TPSA) is 41.6 Å². The van der Waals surface area contributed by atoms with Gasteiger partial charge in [0.25, 0.3) is 0 Å². The van der Waals surface area contributed by atoms with Crippen molar-refractivity contribution in [2.45, 2.75) is 6.18 Å². The zero-order chi connectivity index (χ0) is 14.3. The Morgan fingerprint density at radius 1 is 1.15 bits per heavy atom. The number of H-pyrrole nitrogens is 1. The highest BCUT2D eigenvalue weighted by Crippen LogP contribution is 2.36. The second-order valence-electron chi connectivity index (χ2n) is 4.16. The lowest BCUT2D eigenvalue weighted by Crippen LogP contribution is -2.07. The lowest BCUT2D eigenvalue weighted by atomic mass is 10.0. The number of nitrogens with one attached hydrogen (secondary N) is 1. The molecular weight excluding hydrogens is 291 g/mol. The SMILES string of the molecule is FC(F)(F)c1ccccc1-c1cc2nc(Cl)[nH]c2cn1. The number of aromatic nitrogens is 3. The molecule has 0 unspecified atom stereocenters. The van der Waals surface area contributed by atoms with E-state index < -0.39 is 11.7 Å². The summed E-state index contributed by atoms with van der Waals surface area (Å²) in [6.45, 7) is 0. The molecule has 0 bridgehead atoms. The standard InChI is InChI=1S/C13H7ClF3N3/c14-12-19-10-5-9(18-6-11(10)20-12)7-3-1-2-4-8(7)13(15,16)17/h1-6H,(H,19,20). The molecule has 3 aromatic rings. The van der Waals surface area contributed by atoms with Crippen molar-refractivity contribution < 1.29 is 13.2 Å². The van der Waals surface area contributed by atoms with Crippen molar-refractivity contribution in [1.82, 2.24) is 15.0 Å². The summed E-state index contributed by atoms with van der Waals surface area (Å²) in [4.78, 5) is 10.8. The van der Waals surface area contributed by atoms with Crippen LogP contribution in [0.25, 0.3) is 22.3 Å². The van der Waals surface area contributed by atoms with E-state index in [9.17, 15) is 13.2 Å². The van der Waals surface area contributed by atoms with Gasteiger partial charge in [-0.1, -0.05) is 18.2 Å². The molecule has 0 radical (unpaired) electrons. The largest absolute Gasteiger partial charge is 0.417 e. The van der Waals surface area contributed by atoms with Gasteiger partial charge in [0.1, 0.15) is 0 Å². The smallest absolute Gasteiger partial charge is 0.327 e. The van der Waals surface area contributed by atoms with Gasteiger partial charge in [-0.15, -0.1) is 0 Å². The number of benzene rings is 1. The zero-order valence-corrected chi connectivity index (χ0v) is 10.6. The maximum Gasteiger partial charge on any atom is 0.417 e. The average Bonchev–Trinajstić information content (AvgIpc) is 2.76. The number of hydrogen-bond donors (Lipinski definition) is 1. The average molecular weight is 298 g/mol. The van der Waals surface area contributed by atoms with Crippen molar-refractivity contribution in [3.05, 3.63) is 47.4 Å². The molecule has 0 amide bonds. The minimum atomic E-state index is -4.43. The molecule has 0 saturated carbocycles. The Hall–Kier alpha value is -2.08. The van der Waals surface area contributed by atoms with Crippen molar-refractivity contribution in [2.75, 3.05) is 0 Å². The minimum Gasteiger partial charge on any atom is -0.327 e. The van der Waals surface area contributed by atoms with Crippen LogP contribution in [0.1, 0.15) is 5.56 Å². The van der Waals surface area contributed by atoms with Crippen LogP contribution in [-0.4, -0.2) is 15.0 Å². The first-order chi connectivity index (χ1) is 9.45. The second-order valence-corrected chi connectivity index (χ2v) is 4.52. The van der Waals surface area contributed by atoms with Crippen LogP contribution in [-0.2, 0) is 6.18 Å². The van der Waals surface area contributed by atoms with Crippen LogP contribution in [0.3, 0.4) is 0 Å². The zero-order valence-electron chi connectivity index (χ0n) is 9.87.